The van der Waals surface area contributed by atoms with E-state index in [1.54, 1.807) is 0 Å². The SMILES string of the molecule is CC(C)c1ccc(CN2CCC(C)C2CBr)cc1. The number of alkyl halides is 1. The molecular weight excluding hydrogens is 286 g/mol. The Morgan fingerprint density at radius 1 is 1.28 bits per heavy atom. The summed E-state index contributed by atoms with van der Waals surface area (Å²) in [5.41, 5.74) is 2.88. The Morgan fingerprint density at radius 3 is 2.50 bits per heavy atom. The van der Waals surface area contributed by atoms with Crippen LogP contribution in [0.1, 0.15) is 44.2 Å². The van der Waals surface area contributed by atoms with E-state index >= 15 is 0 Å². The smallest absolute Gasteiger partial charge is 0.0237 e. The number of hydrogen-bond acceptors (Lipinski definition) is 1. The first kappa shape index (κ1) is 14.1. The average molecular weight is 310 g/mol. The van der Waals surface area contributed by atoms with Crippen molar-refractivity contribution >= 4 is 15.9 Å². The molecule has 2 unspecified atom stereocenters. The Hall–Kier alpha value is -0.340. The third kappa shape index (κ3) is 3.16. The molecule has 2 rings (SSSR count). The lowest BCUT2D eigenvalue weighted by atomic mass is 10.0. The summed E-state index contributed by atoms with van der Waals surface area (Å²) < 4.78 is 0. The Balaban J connectivity index is 2.01. The van der Waals surface area contributed by atoms with Crippen LogP contribution < -0.4 is 0 Å². The monoisotopic (exact) mass is 309 g/mol. The van der Waals surface area contributed by atoms with Gasteiger partial charge in [0.15, 0.2) is 0 Å². The molecule has 0 bridgehead atoms. The molecule has 0 radical (unpaired) electrons. The van der Waals surface area contributed by atoms with Crippen LogP contribution in [0, 0.1) is 5.92 Å². The Kier molecular flexibility index (Phi) is 4.85. The fraction of sp³-hybridized carbons (Fsp3) is 0.625. The number of nitrogens with zero attached hydrogens (tertiary/aromatic N) is 1. The summed E-state index contributed by atoms with van der Waals surface area (Å²) in [7, 11) is 0. The molecule has 18 heavy (non-hydrogen) atoms. The van der Waals surface area contributed by atoms with E-state index in [2.05, 4.69) is 65.9 Å². The highest BCUT2D eigenvalue weighted by Crippen LogP contribution is 2.27. The van der Waals surface area contributed by atoms with Gasteiger partial charge >= 0.3 is 0 Å². The quantitative estimate of drug-likeness (QED) is 0.744. The fourth-order valence-corrected chi connectivity index (χ4v) is 3.82. The molecule has 2 heteroatoms. The zero-order valence-electron chi connectivity index (χ0n) is 11.7. The maximum absolute atomic E-state index is 3.66. The summed E-state index contributed by atoms with van der Waals surface area (Å²) in [6.07, 6.45) is 1.33. The van der Waals surface area contributed by atoms with E-state index in [0.29, 0.717) is 12.0 Å². The van der Waals surface area contributed by atoms with Gasteiger partial charge in [0.25, 0.3) is 0 Å². The van der Waals surface area contributed by atoms with E-state index in [9.17, 15) is 0 Å². The van der Waals surface area contributed by atoms with E-state index in [1.807, 2.05) is 0 Å². The van der Waals surface area contributed by atoms with Crippen LogP contribution in [0.15, 0.2) is 24.3 Å². The second-order valence-corrected chi connectivity index (χ2v) is 6.50. The molecule has 1 nitrogen and oxygen atoms in total. The number of halogens is 1. The minimum atomic E-state index is 0.626. The zero-order chi connectivity index (χ0) is 13.1. The van der Waals surface area contributed by atoms with Crippen molar-refractivity contribution in [2.24, 2.45) is 5.92 Å². The van der Waals surface area contributed by atoms with E-state index in [1.165, 1.54) is 24.1 Å². The summed E-state index contributed by atoms with van der Waals surface area (Å²) in [5.74, 6) is 1.44. The Morgan fingerprint density at radius 2 is 1.94 bits per heavy atom. The van der Waals surface area contributed by atoms with Crippen LogP contribution in [0.5, 0.6) is 0 Å². The predicted molar refractivity (Wildman–Crippen MR) is 82.3 cm³/mol. The number of rotatable bonds is 4. The number of likely N-dealkylation sites (tertiary alicyclic amines) is 1. The molecule has 1 aromatic carbocycles. The molecule has 1 heterocycles. The summed E-state index contributed by atoms with van der Waals surface area (Å²) in [6.45, 7) is 9.20. The molecule has 2 atom stereocenters. The van der Waals surface area contributed by atoms with Gasteiger partial charge in [0.1, 0.15) is 0 Å². The molecule has 1 aliphatic rings. The van der Waals surface area contributed by atoms with Crippen LogP contribution in [-0.4, -0.2) is 22.8 Å². The highest BCUT2D eigenvalue weighted by molar-refractivity contribution is 9.09. The van der Waals surface area contributed by atoms with Crippen molar-refractivity contribution in [3.63, 3.8) is 0 Å². The number of benzene rings is 1. The van der Waals surface area contributed by atoms with Crippen molar-refractivity contribution < 1.29 is 0 Å². The second-order valence-electron chi connectivity index (χ2n) is 5.85. The van der Waals surface area contributed by atoms with E-state index in [0.717, 1.165) is 17.8 Å². The molecule has 0 spiro atoms. The van der Waals surface area contributed by atoms with Gasteiger partial charge in [-0.05, 0) is 35.9 Å². The molecule has 100 valence electrons. The third-order valence-corrected chi connectivity index (χ3v) is 4.85. The Labute approximate surface area is 120 Å². The first-order valence-electron chi connectivity index (χ1n) is 7.00. The maximum atomic E-state index is 3.66. The van der Waals surface area contributed by atoms with Crippen molar-refractivity contribution in [2.75, 3.05) is 11.9 Å². The van der Waals surface area contributed by atoms with Gasteiger partial charge in [0, 0.05) is 17.9 Å². The van der Waals surface area contributed by atoms with E-state index in [-0.39, 0.29) is 0 Å². The summed E-state index contributed by atoms with van der Waals surface area (Å²) in [6, 6.07) is 9.85. The van der Waals surface area contributed by atoms with Crippen molar-refractivity contribution in [1.82, 2.24) is 4.90 Å². The Bertz CT molecular complexity index is 371. The van der Waals surface area contributed by atoms with Crippen LogP contribution in [0.3, 0.4) is 0 Å². The van der Waals surface area contributed by atoms with Gasteiger partial charge in [0.2, 0.25) is 0 Å². The average Bonchev–Trinajstić information content (AvgIpc) is 2.70. The van der Waals surface area contributed by atoms with Crippen molar-refractivity contribution in [2.45, 2.75) is 45.7 Å². The van der Waals surface area contributed by atoms with Crippen LogP contribution >= 0.6 is 15.9 Å². The molecule has 0 saturated carbocycles. The van der Waals surface area contributed by atoms with E-state index in [4.69, 9.17) is 0 Å². The van der Waals surface area contributed by atoms with Gasteiger partial charge in [-0.1, -0.05) is 61.0 Å². The largest absolute Gasteiger partial charge is 0.295 e. The van der Waals surface area contributed by atoms with Gasteiger partial charge in [-0.2, -0.15) is 0 Å². The fourth-order valence-electron chi connectivity index (χ4n) is 2.78. The molecule has 1 aromatic rings. The lowest BCUT2D eigenvalue weighted by Gasteiger charge is -2.25. The third-order valence-electron chi connectivity index (χ3n) is 4.19. The molecule has 1 aliphatic heterocycles. The molecule has 0 aromatic heterocycles. The zero-order valence-corrected chi connectivity index (χ0v) is 13.3. The molecule has 0 amide bonds. The van der Waals surface area contributed by atoms with Crippen LogP contribution in [-0.2, 0) is 6.54 Å². The van der Waals surface area contributed by atoms with Crippen LogP contribution in [0.4, 0.5) is 0 Å². The lowest BCUT2D eigenvalue weighted by molar-refractivity contribution is 0.244. The molecule has 1 fully saturated rings. The first-order chi connectivity index (χ1) is 8.61. The van der Waals surface area contributed by atoms with Crippen molar-refractivity contribution in [3.8, 4) is 0 Å². The predicted octanol–water partition coefficient (Wildman–Crippen LogP) is 4.42. The van der Waals surface area contributed by atoms with Crippen molar-refractivity contribution in [1.29, 1.82) is 0 Å². The first-order valence-corrected chi connectivity index (χ1v) is 8.12. The highest BCUT2D eigenvalue weighted by atomic mass is 79.9. The topological polar surface area (TPSA) is 3.24 Å². The van der Waals surface area contributed by atoms with E-state index < -0.39 is 0 Å². The minimum absolute atomic E-state index is 0.626. The lowest BCUT2D eigenvalue weighted by Crippen LogP contribution is -2.32. The minimum Gasteiger partial charge on any atom is -0.295 e. The molecule has 1 saturated heterocycles. The summed E-state index contributed by atoms with van der Waals surface area (Å²) in [5, 5.41) is 1.10. The number of hydrogen-bond donors (Lipinski definition) is 0. The van der Waals surface area contributed by atoms with Gasteiger partial charge in [-0.15, -0.1) is 0 Å². The van der Waals surface area contributed by atoms with Gasteiger partial charge < -0.3 is 0 Å². The summed E-state index contributed by atoms with van der Waals surface area (Å²) >= 11 is 3.66. The molecular formula is C16H24BrN. The van der Waals surface area contributed by atoms with Gasteiger partial charge in [-0.3, -0.25) is 4.90 Å². The van der Waals surface area contributed by atoms with Gasteiger partial charge in [0.05, 0.1) is 0 Å². The standard InChI is InChI=1S/C16H24BrN/c1-12(2)15-6-4-14(5-7-15)11-18-9-8-13(3)16(18)10-17/h4-7,12-13,16H,8-11H2,1-3H3. The molecule has 0 N–H and O–H groups in total. The molecule has 0 aliphatic carbocycles. The van der Waals surface area contributed by atoms with Crippen LogP contribution in [0.2, 0.25) is 0 Å². The maximum Gasteiger partial charge on any atom is 0.0237 e. The van der Waals surface area contributed by atoms with Crippen LogP contribution in [0.25, 0.3) is 0 Å². The highest BCUT2D eigenvalue weighted by Gasteiger charge is 2.29. The summed E-state index contributed by atoms with van der Waals surface area (Å²) in [4.78, 5) is 2.61. The second kappa shape index (κ2) is 6.21. The van der Waals surface area contributed by atoms with Gasteiger partial charge in [-0.25, -0.2) is 0 Å². The van der Waals surface area contributed by atoms with Crippen molar-refractivity contribution in [3.05, 3.63) is 35.4 Å². The normalized spacial score (nSPS) is 24.9.